The van der Waals surface area contributed by atoms with E-state index in [1.807, 2.05) is 49.4 Å². The molecule has 0 aliphatic heterocycles. The average Bonchev–Trinajstić information content (AvgIpc) is 2.15. The first-order valence-electron chi connectivity index (χ1n) is 4.01. The lowest BCUT2D eigenvalue weighted by atomic mass is 10.0. The van der Waals surface area contributed by atoms with Crippen LogP contribution in [0.3, 0.4) is 0 Å². The van der Waals surface area contributed by atoms with Crippen LogP contribution < -0.4 is 0 Å². The van der Waals surface area contributed by atoms with E-state index in [1.54, 1.807) is 0 Å². The molecule has 1 rings (SSSR count). The quantitative estimate of drug-likeness (QED) is 0.490. The second-order valence-electron chi connectivity index (χ2n) is 2.60. The van der Waals surface area contributed by atoms with Crippen molar-refractivity contribution in [1.29, 1.82) is 0 Å². The van der Waals surface area contributed by atoms with Crippen LogP contribution in [-0.2, 0) is 4.79 Å². The van der Waals surface area contributed by atoms with Crippen molar-refractivity contribution < 1.29 is 4.79 Å². The topological polar surface area (TPSA) is 17.1 Å². The largest absolute Gasteiger partial charge is 0.302 e. The fourth-order valence-corrected chi connectivity index (χ4v) is 1.12. The third-order valence-electron chi connectivity index (χ3n) is 1.73. The third kappa shape index (κ3) is 2.06. The van der Waals surface area contributed by atoms with Crippen molar-refractivity contribution in [2.45, 2.75) is 12.8 Å². The standard InChI is InChI=1S/C11H12O/c1-2-6-11(9-12)10-7-4-3-5-8-10/h2-9,11H,1H3. The van der Waals surface area contributed by atoms with Crippen LogP contribution in [0.5, 0.6) is 0 Å². The molecule has 0 heterocycles. The summed E-state index contributed by atoms with van der Waals surface area (Å²) in [6.45, 7) is 1.92. The highest BCUT2D eigenvalue weighted by molar-refractivity contribution is 5.65. The van der Waals surface area contributed by atoms with E-state index < -0.39 is 0 Å². The van der Waals surface area contributed by atoms with Gasteiger partial charge in [-0.15, -0.1) is 0 Å². The smallest absolute Gasteiger partial charge is 0.131 e. The van der Waals surface area contributed by atoms with Crippen LogP contribution in [0.4, 0.5) is 0 Å². The normalized spacial score (nSPS) is 13.1. The number of carbonyl (C=O) groups is 1. The van der Waals surface area contributed by atoms with Gasteiger partial charge in [0.15, 0.2) is 0 Å². The Bertz CT molecular complexity index is 262. The third-order valence-corrected chi connectivity index (χ3v) is 1.73. The molecule has 0 N–H and O–H groups in total. The number of carbonyl (C=O) groups excluding carboxylic acids is 1. The van der Waals surface area contributed by atoms with Gasteiger partial charge in [-0.25, -0.2) is 0 Å². The summed E-state index contributed by atoms with van der Waals surface area (Å²) in [4.78, 5) is 10.6. The van der Waals surface area contributed by atoms with Gasteiger partial charge in [0.2, 0.25) is 0 Å². The average molecular weight is 160 g/mol. The van der Waals surface area contributed by atoms with Crippen molar-refractivity contribution in [1.82, 2.24) is 0 Å². The van der Waals surface area contributed by atoms with Gasteiger partial charge in [-0.05, 0) is 12.5 Å². The number of allylic oxidation sites excluding steroid dienone is 2. The number of rotatable bonds is 3. The summed E-state index contributed by atoms with van der Waals surface area (Å²) < 4.78 is 0. The van der Waals surface area contributed by atoms with E-state index in [0.29, 0.717) is 0 Å². The molecular weight excluding hydrogens is 148 g/mol. The Hall–Kier alpha value is -1.37. The summed E-state index contributed by atoms with van der Waals surface area (Å²) in [5, 5.41) is 0. The minimum atomic E-state index is -0.0869. The zero-order chi connectivity index (χ0) is 8.81. The maximum atomic E-state index is 10.6. The van der Waals surface area contributed by atoms with Gasteiger partial charge in [0.25, 0.3) is 0 Å². The van der Waals surface area contributed by atoms with Crippen LogP contribution in [0, 0.1) is 0 Å². The van der Waals surface area contributed by atoms with E-state index in [2.05, 4.69) is 0 Å². The van der Waals surface area contributed by atoms with Gasteiger partial charge < -0.3 is 4.79 Å². The molecule has 62 valence electrons. The van der Waals surface area contributed by atoms with Crippen molar-refractivity contribution in [3.8, 4) is 0 Å². The minimum absolute atomic E-state index is 0.0869. The molecule has 0 amide bonds. The molecule has 0 saturated carbocycles. The molecule has 1 nitrogen and oxygen atoms in total. The summed E-state index contributed by atoms with van der Waals surface area (Å²) in [6, 6.07) is 9.74. The summed E-state index contributed by atoms with van der Waals surface area (Å²) in [6.07, 6.45) is 4.74. The highest BCUT2D eigenvalue weighted by atomic mass is 16.1. The Kier molecular flexibility index (Phi) is 3.27. The zero-order valence-corrected chi connectivity index (χ0v) is 7.10. The Balaban J connectivity index is 2.87. The monoisotopic (exact) mass is 160 g/mol. The van der Waals surface area contributed by atoms with Crippen molar-refractivity contribution in [2.75, 3.05) is 0 Å². The second kappa shape index (κ2) is 4.50. The number of hydrogen-bond donors (Lipinski definition) is 0. The maximum Gasteiger partial charge on any atom is 0.131 e. The SMILES string of the molecule is CC=CC(C=O)c1ccccc1. The van der Waals surface area contributed by atoms with E-state index in [4.69, 9.17) is 0 Å². The van der Waals surface area contributed by atoms with E-state index in [-0.39, 0.29) is 5.92 Å². The predicted molar refractivity (Wildman–Crippen MR) is 50.1 cm³/mol. The van der Waals surface area contributed by atoms with Gasteiger partial charge in [-0.1, -0.05) is 42.5 Å². The van der Waals surface area contributed by atoms with Crippen LogP contribution in [-0.4, -0.2) is 6.29 Å². The molecule has 1 heteroatoms. The molecule has 0 fully saturated rings. The van der Waals surface area contributed by atoms with Crippen molar-refractivity contribution >= 4 is 6.29 Å². The molecule has 1 aromatic rings. The molecule has 0 radical (unpaired) electrons. The molecule has 1 aromatic carbocycles. The van der Waals surface area contributed by atoms with Crippen LogP contribution in [0.1, 0.15) is 18.4 Å². The van der Waals surface area contributed by atoms with Crippen LogP contribution in [0.25, 0.3) is 0 Å². The van der Waals surface area contributed by atoms with Crippen LogP contribution in [0.2, 0.25) is 0 Å². The van der Waals surface area contributed by atoms with Gasteiger partial charge >= 0.3 is 0 Å². The van der Waals surface area contributed by atoms with Gasteiger partial charge in [-0.2, -0.15) is 0 Å². The Morgan fingerprint density at radius 1 is 1.25 bits per heavy atom. The molecule has 0 aromatic heterocycles. The fraction of sp³-hybridized carbons (Fsp3) is 0.182. The summed E-state index contributed by atoms with van der Waals surface area (Å²) in [5.74, 6) is -0.0869. The summed E-state index contributed by atoms with van der Waals surface area (Å²) in [7, 11) is 0. The molecule has 0 spiro atoms. The lowest BCUT2D eigenvalue weighted by molar-refractivity contribution is -0.108. The summed E-state index contributed by atoms with van der Waals surface area (Å²) in [5.41, 5.74) is 1.05. The molecule has 0 bridgehead atoms. The molecular formula is C11H12O. The Morgan fingerprint density at radius 3 is 2.42 bits per heavy atom. The van der Waals surface area contributed by atoms with Gasteiger partial charge in [0.1, 0.15) is 6.29 Å². The predicted octanol–water partition coefficient (Wildman–Crippen LogP) is 2.55. The first-order chi connectivity index (χ1) is 5.88. The van der Waals surface area contributed by atoms with Gasteiger partial charge in [-0.3, -0.25) is 0 Å². The maximum absolute atomic E-state index is 10.6. The lowest BCUT2D eigenvalue weighted by Crippen LogP contribution is -1.94. The molecule has 12 heavy (non-hydrogen) atoms. The molecule has 0 saturated heterocycles. The fourth-order valence-electron chi connectivity index (χ4n) is 1.12. The zero-order valence-electron chi connectivity index (χ0n) is 7.10. The van der Waals surface area contributed by atoms with Crippen LogP contribution in [0.15, 0.2) is 42.5 Å². The van der Waals surface area contributed by atoms with E-state index in [9.17, 15) is 4.79 Å². The first-order valence-corrected chi connectivity index (χ1v) is 4.01. The molecule has 0 aliphatic rings. The number of hydrogen-bond acceptors (Lipinski definition) is 1. The second-order valence-corrected chi connectivity index (χ2v) is 2.60. The Labute approximate surface area is 72.7 Å². The lowest BCUT2D eigenvalue weighted by Gasteiger charge is -2.03. The molecule has 1 atom stereocenters. The molecule has 1 unspecified atom stereocenters. The highest BCUT2D eigenvalue weighted by Gasteiger charge is 2.03. The highest BCUT2D eigenvalue weighted by Crippen LogP contribution is 2.13. The van der Waals surface area contributed by atoms with Crippen molar-refractivity contribution in [3.05, 3.63) is 48.0 Å². The van der Waals surface area contributed by atoms with E-state index in [0.717, 1.165) is 11.8 Å². The van der Waals surface area contributed by atoms with Gasteiger partial charge in [0.05, 0.1) is 5.92 Å². The van der Waals surface area contributed by atoms with E-state index >= 15 is 0 Å². The van der Waals surface area contributed by atoms with Crippen LogP contribution >= 0.6 is 0 Å². The van der Waals surface area contributed by atoms with Crippen molar-refractivity contribution in [3.63, 3.8) is 0 Å². The minimum Gasteiger partial charge on any atom is -0.302 e. The Morgan fingerprint density at radius 2 is 1.92 bits per heavy atom. The summed E-state index contributed by atoms with van der Waals surface area (Å²) >= 11 is 0. The number of benzene rings is 1. The number of aldehydes is 1. The van der Waals surface area contributed by atoms with E-state index in [1.165, 1.54) is 0 Å². The molecule has 0 aliphatic carbocycles. The van der Waals surface area contributed by atoms with Crippen molar-refractivity contribution in [2.24, 2.45) is 0 Å². The van der Waals surface area contributed by atoms with Gasteiger partial charge in [0, 0.05) is 0 Å². The first kappa shape index (κ1) is 8.72.